The van der Waals surface area contributed by atoms with Gasteiger partial charge in [-0.1, -0.05) is 53.5 Å². The van der Waals surface area contributed by atoms with E-state index in [9.17, 15) is 4.39 Å². The van der Waals surface area contributed by atoms with Crippen molar-refractivity contribution in [3.8, 4) is 5.75 Å². The predicted octanol–water partition coefficient (Wildman–Crippen LogP) is 5.84. The highest BCUT2D eigenvalue weighted by atomic mass is 35.5. The predicted molar refractivity (Wildman–Crippen MR) is 108 cm³/mol. The molecule has 0 amide bonds. The van der Waals surface area contributed by atoms with E-state index >= 15 is 0 Å². The van der Waals surface area contributed by atoms with E-state index in [1.165, 1.54) is 12.1 Å². The number of ether oxygens (including phenoxy) is 1. The Morgan fingerprint density at radius 2 is 1.63 bits per heavy atom. The Morgan fingerprint density at radius 1 is 0.926 bits per heavy atom. The molecule has 0 spiro atoms. The van der Waals surface area contributed by atoms with Crippen molar-refractivity contribution in [3.05, 3.63) is 99.3 Å². The standard InChI is InChI=1S/C21H17Cl2FN2O/c22-19-5-3-6-20(23)18(19)13-26-25-12-16-4-1-2-7-21(16)27-14-15-8-10-17(24)11-9-15/h1-12,26H,13-14H2/b25-12-. The van der Waals surface area contributed by atoms with Gasteiger partial charge in [-0.3, -0.25) is 0 Å². The van der Waals surface area contributed by atoms with E-state index in [0.29, 0.717) is 28.9 Å². The van der Waals surface area contributed by atoms with Crippen LogP contribution in [0.2, 0.25) is 10.0 Å². The van der Waals surface area contributed by atoms with Gasteiger partial charge in [0.1, 0.15) is 18.2 Å². The molecule has 0 bridgehead atoms. The summed E-state index contributed by atoms with van der Waals surface area (Å²) >= 11 is 12.3. The van der Waals surface area contributed by atoms with Crippen LogP contribution in [0.15, 0.2) is 71.8 Å². The van der Waals surface area contributed by atoms with Crippen molar-refractivity contribution in [3.63, 3.8) is 0 Å². The molecule has 0 aliphatic heterocycles. The molecule has 138 valence electrons. The Hall–Kier alpha value is -2.56. The summed E-state index contributed by atoms with van der Waals surface area (Å²) in [6, 6.07) is 19.1. The average molecular weight is 403 g/mol. The van der Waals surface area contributed by atoms with Gasteiger partial charge in [0.25, 0.3) is 0 Å². The van der Waals surface area contributed by atoms with E-state index in [0.717, 1.165) is 16.7 Å². The first-order valence-corrected chi connectivity index (χ1v) is 9.04. The third-order valence-electron chi connectivity index (χ3n) is 3.84. The first-order chi connectivity index (χ1) is 13.1. The number of hydrogen-bond acceptors (Lipinski definition) is 3. The fraction of sp³-hybridized carbons (Fsp3) is 0.0952. The van der Waals surface area contributed by atoms with E-state index in [4.69, 9.17) is 27.9 Å². The van der Waals surface area contributed by atoms with E-state index in [-0.39, 0.29) is 5.82 Å². The lowest BCUT2D eigenvalue weighted by molar-refractivity contribution is 0.305. The van der Waals surface area contributed by atoms with Gasteiger partial charge in [-0.2, -0.15) is 5.10 Å². The van der Waals surface area contributed by atoms with Crippen LogP contribution in [0.5, 0.6) is 5.75 Å². The Balaban J connectivity index is 1.61. The highest BCUT2D eigenvalue weighted by Crippen LogP contribution is 2.24. The highest BCUT2D eigenvalue weighted by molar-refractivity contribution is 6.35. The van der Waals surface area contributed by atoms with Crippen molar-refractivity contribution in [1.29, 1.82) is 0 Å². The molecular formula is C21H17Cl2FN2O. The van der Waals surface area contributed by atoms with Gasteiger partial charge in [0, 0.05) is 21.2 Å². The van der Waals surface area contributed by atoms with Crippen LogP contribution in [0.1, 0.15) is 16.7 Å². The summed E-state index contributed by atoms with van der Waals surface area (Å²) in [5, 5.41) is 5.41. The van der Waals surface area contributed by atoms with Crippen LogP contribution in [-0.4, -0.2) is 6.21 Å². The first kappa shape index (κ1) is 19.2. The summed E-state index contributed by atoms with van der Waals surface area (Å²) in [6.07, 6.45) is 1.67. The van der Waals surface area contributed by atoms with E-state index in [2.05, 4.69) is 10.5 Å². The highest BCUT2D eigenvalue weighted by Gasteiger charge is 2.05. The minimum absolute atomic E-state index is 0.268. The topological polar surface area (TPSA) is 33.6 Å². The molecule has 0 heterocycles. The Kier molecular flexibility index (Phi) is 6.69. The molecule has 1 N–H and O–H groups in total. The lowest BCUT2D eigenvalue weighted by Gasteiger charge is -2.09. The fourth-order valence-electron chi connectivity index (χ4n) is 2.40. The van der Waals surface area contributed by atoms with Crippen molar-refractivity contribution in [1.82, 2.24) is 5.43 Å². The van der Waals surface area contributed by atoms with Gasteiger partial charge in [-0.05, 0) is 42.0 Å². The largest absolute Gasteiger partial charge is 0.488 e. The van der Waals surface area contributed by atoms with Crippen LogP contribution in [0.25, 0.3) is 0 Å². The van der Waals surface area contributed by atoms with Crippen LogP contribution in [0.4, 0.5) is 4.39 Å². The van der Waals surface area contributed by atoms with E-state index in [1.54, 1.807) is 36.5 Å². The number of para-hydroxylation sites is 1. The third kappa shape index (κ3) is 5.46. The van der Waals surface area contributed by atoms with Crippen molar-refractivity contribution in [2.45, 2.75) is 13.2 Å². The Labute approximate surface area is 167 Å². The molecule has 6 heteroatoms. The maximum absolute atomic E-state index is 13.0. The van der Waals surface area contributed by atoms with E-state index in [1.807, 2.05) is 24.3 Å². The minimum atomic E-state index is -0.268. The molecular weight excluding hydrogens is 386 g/mol. The Bertz CT molecular complexity index is 909. The van der Waals surface area contributed by atoms with Crippen molar-refractivity contribution >= 4 is 29.4 Å². The minimum Gasteiger partial charge on any atom is -0.488 e. The van der Waals surface area contributed by atoms with Gasteiger partial charge in [0.2, 0.25) is 0 Å². The Morgan fingerprint density at radius 3 is 2.37 bits per heavy atom. The molecule has 3 aromatic carbocycles. The average Bonchev–Trinajstić information content (AvgIpc) is 2.67. The number of nitrogens with one attached hydrogen (secondary N) is 1. The second-order valence-corrected chi connectivity index (χ2v) is 6.56. The summed E-state index contributed by atoms with van der Waals surface area (Å²) < 4.78 is 18.8. The van der Waals surface area contributed by atoms with Gasteiger partial charge >= 0.3 is 0 Å². The molecule has 0 radical (unpaired) electrons. The maximum atomic E-state index is 13.0. The summed E-state index contributed by atoms with van der Waals surface area (Å²) in [4.78, 5) is 0. The number of hydrogen-bond donors (Lipinski definition) is 1. The zero-order valence-corrected chi connectivity index (χ0v) is 15.8. The van der Waals surface area contributed by atoms with Crippen molar-refractivity contribution < 1.29 is 9.13 Å². The molecule has 0 aromatic heterocycles. The van der Waals surface area contributed by atoms with Gasteiger partial charge in [0.15, 0.2) is 0 Å². The van der Waals surface area contributed by atoms with Crippen LogP contribution in [0.3, 0.4) is 0 Å². The quantitative estimate of drug-likeness (QED) is 0.398. The van der Waals surface area contributed by atoms with Gasteiger partial charge in [-0.15, -0.1) is 0 Å². The molecule has 0 saturated carbocycles. The first-order valence-electron chi connectivity index (χ1n) is 8.28. The molecule has 0 unspecified atom stereocenters. The molecule has 0 saturated heterocycles. The summed E-state index contributed by atoms with van der Waals surface area (Å²) in [5.41, 5.74) is 5.43. The van der Waals surface area contributed by atoms with Crippen molar-refractivity contribution in [2.75, 3.05) is 0 Å². The third-order valence-corrected chi connectivity index (χ3v) is 4.55. The van der Waals surface area contributed by atoms with Crippen LogP contribution < -0.4 is 10.2 Å². The number of hydrazone groups is 1. The second kappa shape index (κ2) is 9.40. The molecule has 0 aliphatic carbocycles. The molecule has 27 heavy (non-hydrogen) atoms. The number of benzene rings is 3. The fourth-order valence-corrected chi connectivity index (χ4v) is 2.93. The van der Waals surface area contributed by atoms with Gasteiger partial charge in [0.05, 0.1) is 12.8 Å². The van der Waals surface area contributed by atoms with Crippen LogP contribution in [0, 0.1) is 5.82 Å². The SMILES string of the molecule is Fc1ccc(COc2ccccc2/C=N\NCc2c(Cl)cccc2Cl)cc1. The van der Waals surface area contributed by atoms with Gasteiger partial charge in [-0.25, -0.2) is 4.39 Å². The van der Waals surface area contributed by atoms with Crippen LogP contribution in [-0.2, 0) is 13.2 Å². The molecule has 0 atom stereocenters. The number of nitrogens with zero attached hydrogens (tertiary/aromatic N) is 1. The maximum Gasteiger partial charge on any atom is 0.128 e. The zero-order chi connectivity index (χ0) is 19.1. The summed E-state index contributed by atoms with van der Waals surface area (Å²) in [5.74, 6) is 0.416. The lowest BCUT2D eigenvalue weighted by Crippen LogP contribution is -2.07. The smallest absolute Gasteiger partial charge is 0.128 e. The number of halogens is 3. The second-order valence-electron chi connectivity index (χ2n) is 5.75. The zero-order valence-electron chi connectivity index (χ0n) is 14.3. The molecule has 3 rings (SSSR count). The van der Waals surface area contributed by atoms with Crippen LogP contribution >= 0.6 is 23.2 Å². The molecule has 0 aliphatic rings. The van der Waals surface area contributed by atoms with Crippen molar-refractivity contribution in [2.24, 2.45) is 5.10 Å². The molecule has 3 aromatic rings. The molecule has 0 fully saturated rings. The van der Waals surface area contributed by atoms with E-state index < -0.39 is 0 Å². The lowest BCUT2D eigenvalue weighted by atomic mass is 10.2. The summed E-state index contributed by atoms with van der Waals surface area (Å²) in [7, 11) is 0. The monoisotopic (exact) mass is 402 g/mol. The molecule has 3 nitrogen and oxygen atoms in total. The van der Waals surface area contributed by atoms with Gasteiger partial charge < -0.3 is 10.2 Å². The number of rotatable bonds is 7. The summed E-state index contributed by atoms with van der Waals surface area (Å²) in [6.45, 7) is 0.751. The normalized spacial score (nSPS) is 10.9.